The van der Waals surface area contributed by atoms with Crippen LogP contribution in [-0.2, 0) is 4.74 Å². The fourth-order valence-electron chi connectivity index (χ4n) is 2.52. The van der Waals surface area contributed by atoms with E-state index in [-0.39, 0.29) is 5.97 Å². The average molecular weight is 380 g/mol. The minimum atomic E-state index is -0.389. The Bertz CT molecular complexity index is 1050. The first-order valence-electron chi connectivity index (χ1n) is 8.32. The number of ether oxygens (including phenoxy) is 1. The van der Waals surface area contributed by atoms with E-state index in [0.717, 1.165) is 16.1 Å². The molecule has 138 valence electrons. The van der Waals surface area contributed by atoms with Crippen molar-refractivity contribution in [3.63, 3.8) is 0 Å². The van der Waals surface area contributed by atoms with Crippen LogP contribution in [0.1, 0.15) is 20.8 Å². The molecule has 0 radical (unpaired) electrons. The first-order chi connectivity index (χ1) is 13.0. The van der Waals surface area contributed by atoms with Crippen LogP contribution >= 0.6 is 11.5 Å². The van der Waals surface area contributed by atoms with E-state index in [4.69, 9.17) is 10.1 Å². The van der Waals surface area contributed by atoms with Gasteiger partial charge in [0.25, 0.3) is 0 Å². The summed E-state index contributed by atoms with van der Waals surface area (Å²) in [5, 5.41) is 11.5. The van der Waals surface area contributed by atoms with E-state index in [0.29, 0.717) is 22.7 Å². The smallest absolute Gasteiger partial charge is 0.337 e. The van der Waals surface area contributed by atoms with Crippen molar-refractivity contribution in [2.24, 2.45) is 4.99 Å². The number of carbonyl (C=O) groups excluding carboxylic acids is 1. The Morgan fingerprint density at radius 1 is 1.15 bits per heavy atom. The van der Waals surface area contributed by atoms with Crippen molar-refractivity contribution >= 4 is 34.8 Å². The quantitative estimate of drug-likeness (QED) is 0.408. The summed E-state index contributed by atoms with van der Waals surface area (Å²) in [6, 6.07) is 16.6. The maximum absolute atomic E-state index is 11.6. The summed E-state index contributed by atoms with van der Waals surface area (Å²) in [6.07, 6.45) is 0. The van der Waals surface area contributed by atoms with Crippen LogP contribution in [0.2, 0.25) is 0 Å². The van der Waals surface area contributed by atoms with Crippen LogP contribution in [0, 0.1) is 19.3 Å². The highest BCUT2D eigenvalue weighted by atomic mass is 32.1. The number of hydrogen-bond donors (Lipinski definition) is 2. The summed E-state index contributed by atoms with van der Waals surface area (Å²) in [7, 11) is 1.35. The van der Waals surface area contributed by atoms with E-state index < -0.39 is 0 Å². The SMILES string of the molecule is COC(=O)c1ccc(N=C(Nc2cccc(C)c2)n2sc(C)cc2=N)cc1. The third-order valence-corrected chi connectivity index (χ3v) is 4.74. The molecule has 0 aliphatic rings. The maximum atomic E-state index is 11.6. The van der Waals surface area contributed by atoms with Crippen LogP contribution in [0.4, 0.5) is 11.4 Å². The van der Waals surface area contributed by atoms with E-state index >= 15 is 0 Å². The molecule has 6 nitrogen and oxygen atoms in total. The molecule has 1 heterocycles. The topological polar surface area (TPSA) is 79.5 Å². The Morgan fingerprint density at radius 2 is 1.89 bits per heavy atom. The van der Waals surface area contributed by atoms with Gasteiger partial charge in [-0.15, -0.1) is 0 Å². The van der Waals surface area contributed by atoms with Crippen LogP contribution in [0.5, 0.6) is 0 Å². The number of esters is 1. The standard InChI is InChI=1S/C20H20N4O2S/c1-13-5-4-6-17(11-13)23-20(24-18(21)12-14(2)27-24)22-16-9-7-15(8-10-16)19(25)26-3/h4-12,21H,1-3H3,(H,22,23). The van der Waals surface area contributed by atoms with Crippen LogP contribution in [-0.4, -0.2) is 23.0 Å². The van der Waals surface area contributed by atoms with Gasteiger partial charge in [-0.25, -0.2) is 13.7 Å². The molecule has 0 spiro atoms. The van der Waals surface area contributed by atoms with Gasteiger partial charge in [-0.05, 0) is 61.9 Å². The molecule has 0 fully saturated rings. The van der Waals surface area contributed by atoms with Gasteiger partial charge in [-0.2, -0.15) is 0 Å². The first kappa shape index (κ1) is 18.6. The number of aryl methyl sites for hydroxylation is 2. The molecule has 0 amide bonds. The molecule has 0 aliphatic heterocycles. The van der Waals surface area contributed by atoms with Gasteiger partial charge in [-0.3, -0.25) is 5.41 Å². The number of aliphatic imine (C=N–C) groups is 1. The van der Waals surface area contributed by atoms with E-state index in [1.807, 2.05) is 38.1 Å². The van der Waals surface area contributed by atoms with Crippen molar-refractivity contribution in [1.29, 1.82) is 5.41 Å². The van der Waals surface area contributed by atoms with Crippen LogP contribution in [0.15, 0.2) is 59.6 Å². The molecule has 0 saturated heterocycles. The van der Waals surface area contributed by atoms with Gasteiger partial charge in [-0.1, -0.05) is 23.7 Å². The molecule has 0 unspecified atom stereocenters. The predicted molar refractivity (Wildman–Crippen MR) is 108 cm³/mol. The highest BCUT2D eigenvalue weighted by Crippen LogP contribution is 2.17. The average Bonchev–Trinajstić information content (AvgIpc) is 2.99. The first-order valence-corrected chi connectivity index (χ1v) is 9.09. The zero-order valence-corrected chi connectivity index (χ0v) is 16.1. The number of hydrogen-bond acceptors (Lipinski definition) is 5. The number of methoxy groups -OCH3 is 1. The Balaban J connectivity index is 2.01. The molecular weight excluding hydrogens is 360 g/mol. The molecule has 3 rings (SSSR count). The number of rotatable bonds is 3. The van der Waals surface area contributed by atoms with Gasteiger partial charge in [0.2, 0.25) is 5.96 Å². The minimum Gasteiger partial charge on any atom is -0.465 e. The number of carbonyl (C=O) groups is 1. The molecule has 1 aromatic heterocycles. The summed E-state index contributed by atoms with van der Waals surface area (Å²) in [6.45, 7) is 3.97. The highest BCUT2D eigenvalue weighted by molar-refractivity contribution is 7.07. The van der Waals surface area contributed by atoms with E-state index in [2.05, 4.69) is 10.3 Å². The molecular formula is C20H20N4O2S. The van der Waals surface area contributed by atoms with Gasteiger partial charge in [0, 0.05) is 10.6 Å². The van der Waals surface area contributed by atoms with Crippen molar-refractivity contribution < 1.29 is 9.53 Å². The van der Waals surface area contributed by atoms with Crippen molar-refractivity contribution in [3.8, 4) is 0 Å². The molecule has 0 atom stereocenters. The lowest BCUT2D eigenvalue weighted by atomic mass is 10.2. The highest BCUT2D eigenvalue weighted by Gasteiger charge is 2.09. The zero-order chi connectivity index (χ0) is 19.4. The summed E-state index contributed by atoms with van der Waals surface area (Å²) in [5.74, 6) is 0.134. The fraction of sp³-hybridized carbons (Fsp3) is 0.150. The third kappa shape index (κ3) is 4.51. The number of anilines is 1. The molecule has 0 aliphatic carbocycles. The normalized spacial score (nSPS) is 11.3. The van der Waals surface area contributed by atoms with Gasteiger partial charge < -0.3 is 10.1 Å². The Labute approximate surface area is 161 Å². The van der Waals surface area contributed by atoms with Crippen LogP contribution in [0.3, 0.4) is 0 Å². The Kier molecular flexibility index (Phi) is 5.52. The second-order valence-corrected chi connectivity index (χ2v) is 7.19. The molecule has 0 bridgehead atoms. The fourth-order valence-corrected chi connectivity index (χ4v) is 3.29. The molecule has 27 heavy (non-hydrogen) atoms. The van der Waals surface area contributed by atoms with E-state index in [1.165, 1.54) is 18.6 Å². The lowest BCUT2D eigenvalue weighted by Crippen LogP contribution is -2.28. The number of nitrogens with one attached hydrogen (secondary N) is 2. The Hall–Kier alpha value is -3.19. The van der Waals surface area contributed by atoms with Crippen molar-refractivity contribution in [2.45, 2.75) is 13.8 Å². The largest absolute Gasteiger partial charge is 0.465 e. The van der Waals surface area contributed by atoms with E-state index in [1.54, 1.807) is 34.3 Å². The van der Waals surface area contributed by atoms with Crippen molar-refractivity contribution in [2.75, 3.05) is 12.4 Å². The number of benzene rings is 2. The molecule has 2 N–H and O–H groups in total. The zero-order valence-electron chi connectivity index (χ0n) is 15.3. The van der Waals surface area contributed by atoms with Gasteiger partial charge in [0.1, 0.15) is 5.49 Å². The molecule has 0 saturated carbocycles. The van der Waals surface area contributed by atoms with Crippen LogP contribution in [0.25, 0.3) is 0 Å². The molecule has 3 aromatic rings. The maximum Gasteiger partial charge on any atom is 0.337 e. The van der Waals surface area contributed by atoms with Crippen molar-refractivity contribution in [1.82, 2.24) is 3.96 Å². The van der Waals surface area contributed by atoms with Gasteiger partial charge in [0.15, 0.2) is 0 Å². The lowest BCUT2D eigenvalue weighted by Gasteiger charge is -2.11. The van der Waals surface area contributed by atoms with E-state index in [9.17, 15) is 4.79 Å². The Morgan fingerprint density at radius 3 is 2.48 bits per heavy atom. The summed E-state index contributed by atoms with van der Waals surface area (Å²) in [5.41, 5.74) is 3.49. The number of aromatic nitrogens is 1. The van der Waals surface area contributed by atoms with Gasteiger partial charge >= 0.3 is 5.97 Å². The summed E-state index contributed by atoms with van der Waals surface area (Å²) in [4.78, 5) is 17.3. The van der Waals surface area contributed by atoms with Gasteiger partial charge in [0.05, 0.1) is 18.4 Å². The molecule has 2 aromatic carbocycles. The third-order valence-electron chi connectivity index (χ3n) is 3.78. The van der Waals surface area contributed by atoms with Crippen molar-refractivity contribution in [3.05, 3.63) is 76.1 Å². The second-order valence-electron chi connectivity index (χ2n) is 5.99. The summed E-state index contributed by atoms with van der Waals surface area (Å²) >= 11 is 1.44. The van der Waals surface area contributed by atoms with Crippen LogP contribution < -0.4 is 10.8 Å². The summed E-state index contributed by atoms with van der Waals surface area (Å²) < 4.78 is 6.45. The predicted octanol–water partition coefficient (Wildman–Crippen LogP) is 4.08. The monoisotopic (exact) mass is 380 g/mol. The number of nitrogens with zero attached hydrogens (tertiary/aromatic N) is 2. The second kappa shape index (κ2) is 8.01. The minimum absolute atomic E-state index is 0.350. The lowest BCUT2D eigenvalue weighted by molar-refractivity contribution is 0.0601. The molecule has 7 heteroatoms.